The Morgan fingerprint density at radius 1 is 1.26 bits per heavy atom. The van der Waals surface area contributed by atoms with Gasteiger partial charge in [-0.25, -0.2) is 18.1 Å². The summed E-state index contributed by atoms with van der Waals surface area (Å²) in [6, 6.07) is 5.49. The maximum Gasteiger partial charge on any atom is 0.287 e. The van der Waals surface area contributed by atoms with Crippen molar-refractivity contribution >= 4 is 27.1 Å². The van der Waals surface area contributed by atoms with Crippen LogP contribution in [0.1, 0.15) is 31.7 Å². The Balaban J connectivity index is 1.37. The van der Waals surface area contributed by atoms with Crippen LogP contribution < -0.4 is 15.6 Å². The second-order valence-electron chi connectivity index (χ2n) is 7.78. The first-order chi connectivity index (χ1) is 14.9. The molecule has 2 aromatic heterocycles. The number of ether oxygens (including phenoxy) is 2. The molecular weight excluding hydrogens is 444 g/mol. The lowest BCUT2D eigenvalue weighted by atomic mass is 9.93. The van der Waals surface area contributed by atoms with Crippen molar-refractivity contribution in [1.82, 2.24) is 14.8 Å². The summed E-state index contributed by atoms with van der Waals surface area (Å²) in [6.07, 6.45) is 6.28. The third-order valence-electron chi connectivity index (χ3n) is 5.70. The van der Waals surface area contributed by atoms with E-state index in [0.717, 1.165) is 25.7 Å². The average Bonchev–Trinajstić information content (AvgIpc) is 2.77. The fourth-order valence-corrected chi connectivity index (χ4v) is 5.42. The number of hydrogen-bond acceptors (Lipinski definition) is 8. The van der Waals surface area contributed by atoms with E-state index < -0.39 is 15.1 Å². The molecule has 0 bridgehead atoms. The number of hydrogen-bond donors (Lipinski definition) is 1. The van der Waals surface area contributed by atoms with Crippen molar-refractivity contribution in [3.8, 4) is 5.88 Å². The van der Waals surface area contributed by atoms with Gasteiger partial charge in [-0.3, -0.25) is 4.79 Å². The van der Waals surface area contributed by atoms with Crippen LogP contribution in [0, 0.1) is 0 Å². The third-order valence-corrected chi connectivity index (χ3v) is 8.12. The molecule has 2 fully saturated rings. The molecule has 4 rings (SSSR count). The zero-order valence-electron chi connectivity index (χ0n) is 16.9. The van der Waals surface area contributed by atoms with E-state index in [4.69, 9.17) is 21.1 Å². The summed E-state index contributed by atoms with van der Waals surface area (Å²) in [7, 11) is -3.22. The average molecular weight is 469 g/mol. The molecule has 0 aromatic carbocycles. The van der Waals surface area contributed by atoms with Crippen molar-refractivity contribution in [2.75, 3.05) is 30.8 Å². The van der Waals surface area contributed by atoms with E-state index in [1.807, 2.05) is 18.2 Å². The number of rotatable bonds is 6. The van der Waals surface area contributed by atoms with Gasteiger partial charge in [-0.05, 0) is 31.7 Å². The van der Waals surface area contributed by atoms with Crippen LogP contribution >= 0.6 is 11.6 Å². The van der Waals surface area contributed by atoms with Gasteiger partial charge < -0.3 is 14.8 Å². The number of nitrogens with one attached hydrogen (secondary N) is 1. The van der Waals surface area contributed by atoms with Crippen LogP contribution in [0.25, 0.3) is 0 Å². The van der Waals surface area contributed by atoms with Gasteiger partial charge in [0.15, 0.2) is 9.84 Å². The molecule has 2 aliphatic rings. The molecule has 0 radical (unpaired) electrons. The Morgan fingerprint density at radius 3 is 2.77 bits per heavy atom. The van der Waals surface area contributed by atoms with E-state index in [2.05, 4.69) is 15.4 Å². The van der Waals surface area contributed by atoms with Gasteiger partial charge >= 0.3 is 0 Å². The summed E-state index contributed by atoms with van der Waals surface area (Å²) in [5.74, 6) is 0.602. The summed E-state index contributed by atoms with van der Waals surface area (Å²) in [5, 5.41) is 6.58. The quantitative estimate of drug-likeness (QED) is 0.685. The standard InChI is InChI=1S/C20H25ClN4O5S/c21-19-17(23-11-16-13-29-9-10-31(16,27)28)12-24-25(20(19)26)14-4-6-15(7-5-14)30-18-3-1-2-8-22-18/h1-3,8,12,14-16,23H,4-7,9-11,13H2/t14?,15?,16-/m1/s1. The topological polar surface area (TPSA) is 112 Å². The van der Waals surface area contributed by atoms with Gasteiger partial charge in [0.2, 0.25) is 5.88 Å². The molecule has 0 spiro atoms. The van der Waals surface area contributed by atoms with Gasteiger partial charge in [-0.1, -0.05) is 17.7 Å². The van der Waals surface area contributed by atoms with E-state index in [9.17, 15) is 13.2 Å². The smallest absolute Gasteiger partial charge is 0.287 e. The second kappa shape index (κ2) is 9.54. The van der Waals surface area contributed by atoms with Gasteiger partial charge in [0.25, 0.3) is 5.56 Å². The first-order valence-electron chi connectivity index (χ1n) is 10.3. The zero-order chi connectivity index (χ0) is 21.8. The predicted molar refractivity (Wildman–Crippen MR) is 117 cm³/mol. The lowest BCUT2D eigenvalue weighted by Gasteiger charge is -2.29. The minimum absolute atomic E-state index is 0.000350. The molecule has 3 heterocycles. The highest BCUT2D eigenvalue weighted by atomic mass is 35.5. The van der Waals surface area contributed by atoms with Gasteiger partial charge in [-0.2, -0.15) is 5.10 Å². The summed E-state index contributed by atoms with van der Waals surface area (Å²) < 4.78 is 36.8. The Morgan fingerprint density at radius 2 is 2.06 bits per heavy atom. The molecule has 1 atom stereocenters. The minimum Gasteiger partial charge on any atom is -0.474 e. The molecule has 1 aliphatic heterocycles. The van der Waals surface area contributed by atoms with E-state index in [1.54, 1.807) is 6.20 Å². The van der Waals surface area contributed by atoms with E-state index in [-0.39, 0.29) is 48.2 Å². The number of anilines is 1. The summed E-state index contributed by atoms with van der Waals surface area (Å²) in [4.78, 5) is 17.0. The normalized spacial score (nSPS) is 25.6. The van der Waals surface area contributed by atoms with Gasteiger partial charge in [-0.15, -0.1) is 0 Å². The van der Waals surface area contributed by atoms with Crippen LogP contribution in [-0.4, -0.2) is 60.0 Å². The Bertz CT molecular complexity index is 1050. The zero-order valence-corrected chi connectivity index (χ0v) is 18.5. The van der Waals surface area contributed by atoms with E-state index in [0.29, 0.717) is 11.6 Å². The number of pyridine rings is 1. The van der Waals surface area contributed by atoms with Crippen molar-refractivity contribution in [3.63, 3.8) is 0 Å². The molecular formula is C20H25ClN4O5S. The van der Waals surface area contributed by atoms with Crippen molar-refractivity contribution in [1.29, 1.82) is 0 Å². The van der Waals surface area contributed by atoms with Crippen LogP contribution in [0.15, 0.2) is 35.4 Å². The number of aromatic nitrogens is 3. The molecule has 0 amide bonds. The Labute approximate surface area is 185 Å². The monoisotopic (exact) mass is 468 g/mol. The van der Waals surface area contributed by atoms with Crippen LogP contribution in [0.3, 0.4) is 0 Å². The lowest BCUT2D eigenvalue weighted by Crippen LogP contribution is -2.41. The Hall–Kier alpha value is -2.17. The summed E-state index contributed by atoms with van der Waals surface area (Å²) >= 11 is 6.29. The molecule has 168 valence electrons. The first-order valence-corrected chi connectivity index (χ1v) is 12.4. The van der Waals surface area contributed by atoms with E-state index in [1.165, 1.54) is 10.9 Å². The highest BCUT2D eigenvalue weighted by Gasteiger charge is 2.30. The predicted octanol–water partition coefficient (Wildman–Crippen LogP) is 2.08. The van der Waals surface area contributed by atoms with Crippen molar-refractivity contribution < 1.29 is 17.9 Å². The summed E-state index contributed by atoms with van der Waals surface area (Å²) in [5.41, 5.74) is -0.0561. The molecule has 1 aliphatic carbocycles. The molecule has 1 saturated carbocycles. The summed E-state index contributed by atoms with van der Waals surface area (Å²) in [6.45, 7) is 0.455. The molecule has 0 unspecified atom stereocenters. The van der Waals surface area contributed by atoms with Crippen molar-refractivity contribution in [2.45, 2.75) is 43.1 Å². The highest BCUT2D eigenvalue weighted by molar-refractivity contribution is 7.92. The number of nitrogens with zero attached hydrogens (tertiary/aromatic N) is 3. The van der Waals surface area contributed by atoms with Gasteiger partial charge in [0.05, 0.1) is 36.9 Å². The van der Waals surface area contributed by atoms with E-state index >= 15 is 0 Å². The van der Waals surface area contributed by atoms with Crippen LogP contribution in [0.2, 0.25) is 5.02 Å². The second-order valence-corrected chi connectivity index (χ2v) is 10.6. The van der Waals surface area contributed by atoms with Gasteiger partial charge in [0.1, 0.15) is 16.4 Å². The number of halogens is 1. The lowest BCUT2D eigenvalue weighted by molar-refractivity contribution is 0.123. The fraction of sp³-hybridized carbons (Fsp3) is 0.550. The molecule has 11 heteroatoms. The maximum absolute atomic E-state index is 12.8. The Kier molecular flexibility index (Phi) is 6.78. The third kappa shape index (κ3) is 5.19. The SMILES string of the molecule is O=c1c(Cl)c(NC[C@@H]2COCCS2(=O)=O)cnn1C1CCC(Oc2ccccn2)CC1. The minimum atomic E-state index is -3.22. The molecule has 1 N–H and O–H groups in total. The fourth-order valence-electron chi connectivity index (χ4n) is 3.89. The van der Waals surface area contributed by atoms with Crippen LogP contribution in [0.4, 0.5) is 5.69 Å². The largest absolute Gasteiger partial charge is 0.474 e. The first kappa shape index (κ1) is 22.0. The molecule has 31 heavy (non-hydrogen) atoms. The van der Waals surface area contributed by atoms with Crippen LogP contribution in [-0.2, 0) is 14.6 Å². The van der Waals surface area contributed by atoms with Gasteiger partial charge in [0, 0.05) is 18.8 Å². The molecule has 9 nitrogen and oxygen atoms in total. The van der Waals surface area contributed by atoms with Crippen molar-refractivity contribution in [2.24, 2.45) is 0 Å². The number of sulfone groups is 1. The highest BCUT2D eigenvalue weighted by Crippen LogP contribution is 2.30. The maximum atomic E-state index is 12.8. The molecule has 2 aromatic rings. The van der Waals surface area contributed by atoms with Crippen LogP contribution in [0.5, 0.6) is 5.88 Å². The van der Waals surface area contributed by atoms with Crippen molar-refractivity contribution in [3.05, 3.63) is 46.0 Å². The molecule has 1 saturated heterocycles.